The molecule has 0 spiro atoms. The van der Waals surface area contributed by atoms with E-state index in [2.05, 4.69) is 14.7 Å². The van der Waals surface area contributed by atoms with Crippen molar-refractivity contribution in [3.8, 4) is 5.75 Å². The van der Waals surface area contributed by atoms with E-state index in [9.17, 15) is 30.4 Å². The quantitative estimate of drug-likeness (QED) is 0.490. The van der Waals surface area contributed by atoms with Crippen molar-refractivity contribution in [3.63, 3.8) is 0 Å². The van der Waals surface area contributed by atoms with Crippen LogP contribution in [0, 0.1) is 5.82 Å². The van der Waals surface area contributed by atoms with Crippen molar-refractivity contribution in [1.29, 1.82) is 0 Å². The molecular weight excluding hydrogens is 481 g/mol. The monoisotopic (exact) mass is 499 g/mol. The molecule has 1 N–H and O–H groups in total. The van der Waals surface area contributed by atoms with E-state index in [0.29, 0.717) is 17.5 Å². The van der Waals surface area contributed by atoms with E-state index in [0.717, 1.165) is 24.5 Å². The summed E-state index contributed by atoms with van der Waals surface area (Å²) in [5, 5.41) is 0. The van der Waals surface area contributed by atoms with Gasteiger partial charge in [-0.15, -0.1) is 0 Å². The number of ether oxygens (including phenoxy) is 1. The van der Waals surface area contributed by atoms with E-state index in [1.165, 1.54) is 24.3 Å². The van der Waals surface area contributed by atoms with Crippen LogP contribution < -0.4 is 9.46 Å². The summed E-state index contributed by atoms with van der Waals surface area (Å²) < 4.78 is 98.7. The highest BCUT2D eigenvalue weighted by Crippen LogP contribution is 2.42. The number of benzene rings is 2. The van der Waals surface area contributed by atoms with Gasteiger partial charge in [-0.05, 0) is 35.7 Å². The number of nitrogens with zero attached hydrogens (tertiary/aromatic N) is 2. The Morgan fingerprint density at radius 2 is 1.76 bits per heavy atom. The molecule has 0 aliphatic carbocycles. The molecule has 0 radical (unpaired) electrons. The lowest BCUT2D eigenvalue weighted by atomic mass is 9.83. The number of halogens is 5. The summed E-state index contributed by atoms with van der Waals surface area (Å²) in [6, 6.07) is 7.35. The predicted molar refractivity (Wildman–Crippen MR) is 112 cm³/mol. The Kier molecular flexibility index (Phi) is 6.43. The van der Waals surface area contributed by atoms with Gasteiger partial charge in [0, 0.05) is 24.0 Å². The number of anilines is 1. The number of rotatable bonds is 6. The molecule has 3 aromatic rings. The highest BCUT2D eigenvalue weighted by atomic mass is 32.2. The van der Waals surface area contributed by atoms with E-state index >= 15 is 0 Å². The fourth-order valence-electron chi connectivity index (χ4n) is 3.84. The fourth-order valence-corrected chi connectivity index (χ4v) is 4.82. The maximum Gasteiger partial charge on any atom is 0.416 e. The molecule has 6 nitrogen and oxygen atoms in total. The van der Waals surface area contributed by atoms with Crippen LogP contribution >= 0.6 is 0 Å². The third kappa shape index (κ3) is 4.96. The minimum atomic E-state index is -4.55. The number of nitrogens with one attached hydrogen (secondary N) is 1. The van der Waals surface area contributed by atoms with E-state index in [4.69, 9.17) is 4.74 Å². The van der Waals surface area contributed by atoms with Gasteiger partial charge >= 0.3 is 6.18 Å². The Balaban J connectivity index is 1.68. The Morgan fingerprint density at radius 1 is 1.06 bits per heavy atom. The topological polar surface area (TPSA) is 81.2 Å². The van der Waals surface area contributed by atoms with Gasteiger partial charge in [0.15, 0.2) is 5.82 Å². The molecular formula is C22H18F5N3O3S. The van der Waals surface area contributed by atoms with Crippen molar-refractivity contribution in [2.45, 2.75) is 29.8 Å². The van der Waals surface area contributed by atoms with Crippen molar-refractivity contribution in [2.75, 3.05) is 18.0 Å². The minimum absolute atomic E-state index is 0.170. The van der Waals surface area contributed by atoms with Crippen LogP contribution in [0.5, 0.6) is 5.75 Å². The molecule has 1 atom stereocenters. The molecule has 34 heavy (non-hydrogen) atoms. The van der Waals surface area contributed by atoms with Crippen LogP contribution in [0.2, 0.25) is 0 Å². The lowest BCUT2D eigenvalue weighted by Crippen LogP contribution is -2.19. The number of sulfonamides is 1. The van der Waals surface area contributed by atoms with Gasteiger partial charge in [-0.25, -0.2) is 27.5 Å². The molecule has 12 heteroatoms. The first-order chi connectivity index (χ1) is 16.1. The van der Waals surface area contributed by atoms with Gasteiger partial charge in [0.05, 0.1) is 36.1 Å². The van der Waals surface area contributed by atoms with E-state index in [1.807, 2.05) is 0 Å². The van der Waals surface area contributed by atoms with Crippen LogP contribution in [-0.4, -0.2) is 31.7 Å². The standard InChI is InChI=1S/C22H18F5N3O3S/c23-7-5-13-9-14(22(25,26)27)1-3-17(13)18-6-8-33-20-10-16(2-4-19(18)20)34(31,32)30-21-28-11-15(24)12-29-21/h1-4,9-12,18H,5-8H2,(H,28,29,30)/t18-/m1/s1. The first-order valence-electron chi connectivity index (χ1n) is 10.1. The predicted octanol–water partition coefficient (Wildman–Crippen LogP) is 4.86. The molecule has 0 amide bonds. The summed E-state index contributed by atoms with van der Waals surface area (Å²) in [5.74, 6) is -1.21. The number of hydrogen-bond donors (Lipinski definition) is 1. The summed E-state index contributed by atoms with van der Waals surface area (Å²) in [7, 11) is -4.13. The number of aryl methyl sites for hydroxylation is 1. The molecule has 2 aromatic carbocycles. The summed E-state index contributed by atoms with van der Waals surface area (Å²) in [6.45, 7) is -0.634. The van der Waals surface area contributed by atoms with Gasteiger partial charge in [0.1, 0.15) is 5.75 Å². The van der Waals surface area contributed by atoms with E-state index < -0.39 is 40.2 Å². The van der Waals surface area contributed by atoms with Gasteiger partial charge in [-0.2, -0.15) is 13.2 Å². The second-order valence-electron chi connectivity index (χ2n) is 7.57. The van der Waals surface area contributed by atoms with Crippen molar-refractivity contribution in [2.24, 2.45) is 0 Å². The summed E-state index contributed by atoms with van der Waals surface area (Å²) in [4.78, 5) is 6.95. The molecule has 0 saturated heterocycles. The zero-order valence-electron chi connectivity index (χ0n) is 17.4. The van der Waals surface area contributed by atoms with Gasteiger partial charge in [0.25, 0.3) is 10.0 Å². The Labute approximate surface area is 191 Å². The smallest absolute Gasteiger partial charge is 0.416 e. The molecule has 1 aromatic heterocycles. The minimum Gasteiger partial charge on any atom is -0.493 e. The van der Waals surface area contributed by atoms with Crippen LogP contribution in [0.15, 0.2) is 53.7 Å². The molecule has 0 saturated carbocycles. The Morgan fingerprint density at radius 3 is 2.44 bits per heavy atom. The van der Waals surface area contributed by atoms with Crippen LogP contribution in [0.1, 0.15) is 34.6 Å². The first kappa shape index (κ1) is 23.9. The Bertz CT molecular complexity index is 1300. The zero-order valence-corrected chi connectivity index (χ0v) is 18.3. The zero-order chi connectivity index (χ0) is 24.5. The maximum absolute atomic E-state index is 13.1. The Hall–Kier alpha value is -3.28. The fraction of sp³-hybridized carbons (Fsp3) is 0.273. The molecule has 0 bridgehead atoms. The summed E-state index contributed by atoms with van der Waals surface area (Å²) in [5.41, 5.74) is 0.483. The SMILES string of the molecule is O=S(=O)(Nc1ncc(F)cn1)c1ccc2c(c1)OCC[C@@H]2c1ccc(C(F)(F)F)cc1CCF. The lowest BCUT2D eigenvalue weighted by Gasteiger charge is -2.28. The highest BCUT2D eigenvalue weighted by Gasteiger charge is 2.33. The number of alkyl halides is 4. The van der Waals surface area contributed by atoms with E-state index in [1.54, 1.807) is 0 Å². The van der Waals surface area contributed by atoms with Crippen molar-refractivity contribution in [3.05, 3.63) is 76.9 Å². The van der Waals surface area contributed by atoms with Crippen LogP contribution in [0.25, 0.3) is 0 Å². The molecule has 2 heterocycles. The van der Waals surface area contributed by atoms with Gasteiger partial charge in [0.2, 0.25) is 5.95 Å². The normalized spacial score (nSPS) is 16.0. The molecule has 1 aliphatic heterocycles. The van der Waals surface area contributed by atoms with E-state index in [-0.39, 0.29) is 35.2 Å². The third-order valence-corrected chi connectivity index (χ3v) is 6.72. The van der Waals surface area contributed by atoms with Gasteiger partial charge in [-0.3, -0.25) is 4.39 Å². The van der Waals surface area contributed by atoms with Crippen molar-refractivity contribution in [1.82, 2.24) is 9.97 Å². The number of fused-ring (bicyclic) bond motifs is 1. The maximum atomic E-state index is 13.1. The highest BCUT2D eigenvalue weighted by molar-refractivity contribution is 7.92. The van der Waals surface area contributed by atoms with Crippen LogP contribution in [-0.2, 0) is 22.6 Å². The van der Waals surface area contributed by atoms with Gasteiger partial charge in [-0.1, -0.05) is 12.1 Å². The summed E-state index contributed by atoms with van der Waals surface area (Å²) >= 11 is 0. The molecule has 180 valence electrons. The average Bonchev–Trinajstić information content (AvgIpc) is 2.79. The number of hydrogen-bond acceptors (Lipinski definition) is 5. The van der Waals surface area contributed by atoms with Crippen LogP contribution in [0.3, 0.4) is 0 Å². The second-order valence-corrected chi connectivity index (χ2v) is 9.25. The molecule has 4 rings (SSSR count). The van der Waals surface area contributed by atoms with Gasteiger partial charge < -0.3 is 4.74 Å². The third-order valence-electron chi connectivity index (χ3n) is 5.39. The van der Waals surface area contributed by atoms with Crippen LogP contribution in [0.4, 0.5) is 27.9 Å². The summed E-state index contributed by atoms with van der Waals surface area (Å²) in [6.07, 6.45) is -2.69. The average molecular weight is 499 g/mol. The molecule has 1 aliphatic rings. The second kappa shape index (κ2) is 9.16. The molecule has 0 fully saturated rings. The van der Waals surface area contributed by atoms with Crippen molar-refractivity contribution >= 4 is 16.0 Å². The molecule has 0 unspecified atom stereocenters. The van der Waals surface area contributed by atoms with Crippen molar-refractivity contribution < 1.29 is 35.1 Å². The number of aromatic nitrogens is 2. The first-order valence-corrected chi connectivity index (χ1v) is 11.6. The largest absolute Gasteiger partial charge is 0.493 e. The lowest BCUT2D eigenvalue weighted by molar-refractivity contribution is -0.137.